The van der Waals surface area contributed by atoms with Crippen molar-refractivity contribution in [1.82, 2.24) is 5.32 Å². The van der Waals surface area contributed by atoms with E-state index in [1.54, 1.807) is 0 Å². The summed E-state index contributed by atoms with van der Waals surface area (Å²) in [7, 11) is 1.99. The van der Waals surface area contributed by atoms with Gasteiger partial charge in [0.05, 0.1) is 6.10 Å². The zero-order chi connectivity index (χ0) is 10.1. The van der Waals surface area contributed by atoms with E-state index in [2.05, 4.69) is 26.1 Å². The Balaban J connectivity index is 2.73. The molecule has 0 aromatic heterocycles. The average molecular weight is 185 g/mol. The van der Waals surface area contributed by atoms with E-state index in [1.165, 1.54) is 6.42 Å². The number of rotatable bonds is 2. The van der Waals surface area contributed by atoms with E-state index in [0.717, 1.165) is 19.3 Å². The van der Waals surface area contributed by atoms with Gasteiger partial charge in [0, 0.05) is 5.54 Å². The number of hydrogen-bond acceptors (Lipinski definition) is 2. The van der Waals surface area contributed by atoms with Crippen LogP contribution in [0.15, 0.2) is 0 Å². The molecule has 1 aliphatic rings. The zero-order valence-electron chi connectivity index (χ0n) is 9.35. The first-order valence-corrected chi connectivity index (χ1v) is 5.30. The lowest BCUT2D eigenvalue weighted by Gasteiger charge is -2.46. The van der Waals surface area contributed by atoms with Gasteiger partial charge in [-0.1, -0.05) is 20.3 Å². The van der Waals surface area contributed by atoms with E-state index in [9.17, 15) is 5.11 Å². The van der Waals surface area contributed by atoms with Crippen molar-refractivity contribution < 1.29 is 5.11 Å². The van der Waals surface area contributed by atoms with Gasteiger partial charge in [-0.3, -0.25) is 0 Å². The molecule has 0 spiro atoms. The van der Waals surface area contributed by atoms with Crippen molar-refractivity contribution in [2.75, 3.05) is 7.05 Å². The summed E-state index contributed by atoms with van der Waals surface area (Å²) in [4.78, 5) is 0. The first kappa shape index (κ1) is 11.0. The van der Waals surface area contributed by atoms with Crippen LogP contribution in [-0.2, 0) is 0 Å². The summed E-state index contributed by atoms with van der Waals surface area (Å²) in [5.74, 6) is 0. The fourth-order valence-corrected chi connectivity index (χ4v) is 2.71. The molecule has 1 rings (SSSR count). The van der Waals surface area contributed by atoms with Crippen LogP contribution in [0.2, 0.25) is 0 Å². The highest BCUT2D eigenvalue weighted by Crippen LogP contribution is 2.43. The van der Waals surface area contributed by atoms with Gasteiger partial charge in [0.1, 0.15) is 0 Å². The maximum atomic E-state index is 9.80. The van der Waals surface area contributed by atoms with E-state index in [4.69, 9.17) is 0 Å². The normalized spacial score (nSPS) is 46.4. The minimum absolute atomic E-state index is 0.127. The van der Waals surface area contributed by atoms with Gasteiger partial charge in [-0.15, -0.1) is 0 Å². The highest BCUT2D eigenvalue weighted by atomic mass is 16.3. The third-order valence-corrected chi connectivity index (χ3v) is 3.69. The van der Waals surface area contributed by atoms with E-state index >= 15 is 0 Å². The van der Waals surface area contributed by atoms with Crippen LogP contribution < -0.4 is 5.32 Å². The average Bonchev–Trinajstić information content (AvgIpc) is 2.02. The van der Waals surface area contributed by atoms with Crippen LogP contribution in [0.25, 0.3) is 0 Å². The summed E-state index contributed by atoms with van der Waals surface area (Å²) >= 11 is 0. The van der Waals surface area contributed by atoms with E-state index < -0.39 is 0 Å². The van der Waals surface area contributed by atoms with E-state index in [-0.39, 0.29) is 11.6 Å². The number of aliphatic hydroxyl groups is 1. The molecule has 0 radical (unpaired) electrons. The van der Waals surface area contributed by atoms with Crippen LogP contribution in [-0.4, -0.2) is 23.8 Å². The van der Waals surface area contributed by atoms with Crippen LogP contribution in [0.4, 0.5) is 0 Å². The Morgan fingerprint density at radius 2 is 2.00 bits per heavy atom. The van der Waals surface area contributed by atoms with Gasteiger partial charge in [-0.25, -0.2) is 0 Å². The molecule has 0 aliphatic heterocycles. The maximum Gasteiger partial charge on any atom is 0.0562 e. The lowest BCUT2D eigenvalue weighted by Crippen LogP contribution is -2.51. The van der Waals surface area contributed by atoms with Crippen molar-refractivity contribution in [2.45, 2.75) is 58.1 Å². The van der Waals surface area contributed by atoms with Crippen molar-refractivity contribution in [1.29, 1.82) is 0 Å². The predicted octanol–water partition coefficient (Wildman–Crippen LogP) is 1.93. The van der Waals surface area contributed by atoms with Gasteiger partial charge < -0.3 is 10.4 Å². The van der Waals surface area contributed by atoms with Crippen LogP contribution >= 0.6 is 0 Å². The van der Waals surface area contributed by atoms with Crippen molar-refractivity contribution in [3.8, 4) is 0 Å². The first-order chi connectivity index (χ1) is 5.93. The third-order valence-electron chi connectivity index (χ3n) is 3.69. The Morgan fingerprint density at radius 3 is 2.46 bits per heavy atom. The fraction of sp³-hybridized carbons (Fsp3) is 1.00. The maximum absolute atomic E-state index is 9.80. The molecule has 2 heteroatoms. The standard InChI is InChI=1S/C11H23NO/c1-5-10(2)6-9(13)7-11(3,8-10)12-4/h9,12-13H,5-8H2,1-4H3. The summed E-state index contributed by atoms with van der Waals surface area (Å²) in [6, 6.07) is 0. The third kappa shape index (κ3) is 2.44. The lowest BCUT2D eigenvalue weighted by molar-refractivity contribution is 0.00560. The zero-order valence-corrected chi connectivity index (χ0v) is 9.35. The summed E-state index contributed by atoms with van der Waals surface area (Å²) < 4.78 is 0. The van der Waals surface area contributed by atoms with Crippen LogP contribution in [0.5, 0.6) is 0 Å². The molecule has 13 heavy (non-hydrogen) atoms. The Bertz CT molecular complexity index is 165. The van der Waals surface area contributed by atoms with E-state index in [1.807, 2.05) is 7.05 Å². The monoisotopic (exact) mass is 185 g/mol. The molecule has 1 saturated carbocycles. The van der Waals surface area contributed by atoms with Gasteiger partial charge in [-0.05, 0) is 38.6 Å². The first-order valence-electron chi connectivity index (χ1n) is 5.30. The Hall–Kier alpha value is -0.0800. The number of hydrogen-bond donors (Lipinski definition) is 2. The Kier molecular flexibility index (Phi) is 3.03. The van der Waals surface area contributed by atoms with Crippen molar-refractivity contribution in [2.24, 2.45) is 5.41 Å². The number of aliphatic hydroxyl groups excluding tert-OH is 1. The smallest absolute Gasteiger partial charge is 0.0562 e. The molecule has 0 bridgehead atoms. The minimum atomic E-state index is -0.129. The molecule has 0 aromatic rings. The highest BCUT2D eigenvalue weighted by Gasteiger charge is 2.41. The molecule has 0 aromatic carbocycles. The molecule has 3 unspecified atom stereocenters. The molecule has 0 saturated heterocycles. The highest BCUT2D eigenvalue weighted by molar-refractivity contribution is 4.97. The Labute approximate surface area is 81.7 Å². The van der Waals surface area contributed by atoms with Gasteiger partial charge in [0.15, 0.2) is 0 Å². The van der Waals surface area contributed by atoms with Crippen LogP contribution in [0.3, 0.4) is 0 Å². The molecule has 78 valence electrons. The van der Waals surface area contributed by atoms with Crippen LogP contribution in [0, 0.1) is 5.41 Å². The molecule has 2 N–H and O–H groups in total. The van der Waals surface area contributed by atoms with Crippen molar-refractivity contribution >= 4 is 0 Å². The molecule has 2 nitrogen and oxygen atoms in total. The van der Waals surface area contributed by atoms with Gasteiger partial charge in [0.2, 0.25) is 0 Å². The minimum Gasteiger partial charge on any atom is -0.393 e. The van der Waals surface area contributed by atoms with Gasteiger partial charge in [0.25, 0.3) is 0 Å². The summed E-state index contributed by atoms with van der Waals surface area (Å²) in [6.07, 6.45) is 4.04. The molecule has 0 heterocycles. The second-order valence-corrected chi connectivity index (χ2v) is 5.21. The SMILES string of the molecule is CCC1(C)CC(O)CC(C)(NC)C1. The van der Waals surface area contributed by atoms with Crippen molar-refractivity contribution in [3.05, 3.63) is 0 Å². The topological polar surface area (TPSA) is 32.3 Å². The number of nitrogens with one attached hydrogen (secondary N) is 1. The summed E-state index contributed by atoms with van der Waals surface area (Å²) in [5.41, 5.74) is 0.442. The largest absolute Gasteiger partial charge is 0.393 e. The molecule has 1 fully saturated rings. The molecule has 3 atom stereocenters. The van der Waals surface area contributed by atoms with Crippen molar-refractivity contribution in [3.63, 3.8) is 0 Å². The quantitative estimate of drug-likeness (QED) is 0.689. The molecular weight excluding hydrogens is 162 g/mol. The second kappa shape index (κ2) is 3.58. The van der Waals surface area contributed by atoms with Gasteiger partial charge in [-0.2, -0.15) is 0 Å². The Morgan fingerprint density at radius 1 is 1.38 bits per heavy atom. The summed E-state index contributed by atoms with van der Waals surface area (Å²) in [5, 5.41) is 13.1. The fourth-order valence-electron chi connectivity index (χ4n) is 2.71. The van der Waals surface area contributed by atoms with Crippen LogP contribution in [0.1, 0.15) is 46.5 Å². The van der Waals surface area contributed by atoms with E-state index in [0.29, 0.717) is 5.41 Å². The predicted molar refractivity (Wildman–Crippen MR) is 55.7 cm³/mol. The van der Waals surface area contributed by atoms with Gasteiger partial charge >= 0.3 is 0 Å². The summed E-state index contributed by atoms with van der Waals surface area (Å²) in [6.45, 7) is 6.71. The lowest BCUT2D eigenvalue weighted by atomic mass is 9.65. The molecular formula is C11H23NO. The second-order valence-electron chi connectivity index (χ2n) is 5.21. The molecule has 1 aliphatic carbocycles. The molecule has 0 amide bonds.